The lowest BCUT2D eigenvalue weighted by Crippen LogP contribution is -2.13. The molecule has 7 heteroatoms. The van der Waals surface area contributed by atoms with Crippen LogP contribution in [0.2, 0.25) is 0 Å². The van der Waals surface area contributed by atoms with Gasteiger partial charge in [-0.1, -0.05) is 46.3 Å². The molecule has 142 valence electrons. The molecular formula is C22H14BrN3O3. The number of hydrogen-bond donors (Lipinski definition) is 1. The molecule has 0 aliphatic rings. The molecule has 1 N–H and O–H groups in total. The van der Waals surface area contributed by atoms with Gasteiger partial charge in [-0.15, -0.1) is 0 Å². The van der Waals surface area contributed by atoms with Crippen molar-refractivity contribution in [1.29, 1.82) is 0 Å². The maximum absolute atomic E-state index is 13.0. The summed E-state index contributed by atoms with van der Waals surface area (Å²) in [7, 11) is 0. The van der Waals surface area contributed by atoms with E-state index < -0.39 is 4.92 Å². The maximum atomic E-state index is 13.0. The van der Waals surface area contributed by atoms with Gasteiger partial charge in [0.15, 0.2) is 0 Å². The van der Waals surface area contributed by atoms with Crippen molar-refractivity contribution in [3.63, 3.8) is 0 Å². The van der Waals surface area contributed by atoms with Gasteiger partial charge in [-0.2, -0.15) is 0 Å². The molecule has 29 heavy (non-hydrogen) atoms. The smallest absolute Gasteiger partial charge is 0.269 e. The normalized spacial score (nSPS) is 10.7. The van der Waals surface area contributed by atoms with Gasteiger partial charge in [-0.25, -0.2) is 4.98 Å². The van der Waals surface area contributed by atoms with E-state index in [0.717, 1.165) is 15.4 Å². The molecule has 0 radical (unpaired) electrons. The van der Waals surface area contributed by atoms with Gasteiger partial charge in [0.05, 0.1) is 21.7 Å². The van der Waals surface area contributed by atoms with Crippen molar-refractivity contribution in [1.82, 2.24) is 4.98 Å². The predicted molar refractivity (Wildman–Crippen MR) is 116 cm³/mol. The number of nitrogens with one attached hydrogen (secondary N) is 1. The zero-order valence-electron chi connectivity index (χ0n) is 15.0. The van der Waals surface area contributed by atoms with Crippen LogP contribution in [0.15, 0.2) is 83.3 Å². The van der Waals surface area contributed by atoms with E-state index in [1.165, 1.54) is 24.3 Å². The van der Waals surface area contributed by atoms with Gasteiger partial charge < -0.3 is 5.32 Å². The number of anilines is 1. The zero-order chi connectivity index (χ0) is 20.4. The number of carbonyl (C=O) groups is 1. The minimum Gasteiger partial charge on any atom is -0.322 e. The van der Waals surface area contributed by atoms with Crippen LogP contribution in [0.3, 0.4) is 0 Å². The monoisotopic (exact) mass is 447 g/mol. The average Bonchev–Trinajstić information content (AvgIpc) is 2.73. The number of benzene rings is 3. The third-order valence-electron chi connectivity index (χ3n) is 4.42. The van der Waals surface area contributed by atoms with Gasteiger partial charge in [-0.05, 0) is 36.4 Å². The summed E-state index contributed by atoms with van der Waals surface area (Å²) >= 11 is 3.46. The molecule has 0 saturated carbocycles. The molecule has 1 aromatic heterocycles. The Kier molecular flexibility index (Phi) is 5.05. The molecule has 3 aromatic carbocycles. The van der Waals surface area contributed by atoms with Crippen LogP contribution in [0, 0.1) is 10.1 Å². The lowest BCUT2D eigenvalue weighted by atomic mass is 10.0. The van der Waals surface area contributed by atoms with E-state index >= 15 is 0 Å². The molecule has 4 rings (SSSR count). The number of para-hydroxylation sites is 1. The number of nitrogens with zero attached hydrogens (tertiary/aromatic N) is 2. The minimum atomic E-state index is -0.480. The van der Waals surface area contributed by atoms with E-state index in [0.29, 0.717) is 22.5 Å². The van der Waals surface area contributed by atoms with E-state index in [2.05, 4.69) is 21.2 Å². The number of pyridine rings is 1. The van der Waals surface area contributed by atoms with Crippen LogP contribution in [-0.2, 0) is 0 Å². The van der Waals surface area contributed by atoms with E-state index in [1.807, 2.05) is 48.5 Å². The Morgan fingerprint density at radius 2 is 1.72 bits per heavy atom. The third-order valence-corrected chi connectivity index (χ3v) is 4.91. The summed E-state index contributed by atoms with van der Waals surface area (Å²) in [4.78, 5) is 28.0. The number of carbonyl (C=O) groups excluding carboxylic acids is 1. The first-order chi connectivity index (χ1) is 14.0. The summed E-state index contributed by atoms with van der Waals surface area (Å²) < 4.78 is 0.918. The number of rotatable bonds is 4. The molecule has 4 aromatic rings. The van der Waals surface area contributed by atoms with Crippen molar-refractivity contribution in [2.45, 2.75) is 0 Å². The largest absolute Gasteiger partial charge is 0.322 e. The molecule has 0 aliphatic carbocycles. The van der Waals surface area contributed by atoms with Crippen LogP contribution in [-0.4, -0.2) is 15.8 Å². The second-order valence-corrected chi connectivity index (χ2v) is 7.26. The summed E-state index contributed by atoms with van der Waals surface area (Å²) in [6.45, 7) is 0. The first-order valence-corrected chi connectivity index (χ1v) is 9.52. The lowest BCUT2D eigenvalue weighted by Gasteiger charge is -2.11. The standard InChI is InChI=1S/C22H14BrN3O3/c23-15-5-3-4-14(12-15)21-13-19(18-6-1-2-7-20(18)25-21)22(27)24-16-8-10-17(11-9-16)26(28)29/h1-13H,(H,24,27). The first kappa shape index (κ1) is 18.8. The van der Waals surface area contributed by atoms with Crippen LogP contribution in [0.5, 0.6) is 0 Å². The molecule has 0 unspecified atom stereocenters. The molecule has 0 atom stereocenters. The fraction of sp³-hybridized carbons (Fsp3) is 0. The highest BCUT2D eigenvalue weighted by Gasteiger charge is 2.15. The lowest BCUT2D eigenvalue weighted by molar-refractivity contribution is -0.384. The van der Waals surface area contributed by atoms with Crippen LogP contribution >= 0.6 is 15.9 Å². The highest BCUT2D eigenvalue weighted by Crippen LogP contribution is 2.27. The molecule has 0 fully saturated rings. The first-order valence-electron chi connectivity index (χ1n) is 8.73. The van der Waals surface area contributed by atoms with Crippen molar-refractivity contribution in [3.05, 3.63) is 99.0 Å². The minimum absolute atomic E-state index is 0.0331. The van der Waals surface area contributed by atoms with Crippen LogP contribution in [0.25, 0.3) is 22.2 Å². The van der Waals surface area contributed by atoms with E-state index in [-0.39, 0.29) is 11.6 Å². The Morgan fingerprint density at radius 3 is 2.45 bits per heavy atom. The molecule has 1 heterocycles. The Bertz CT molecular complexity index is 1240. The highest BCUT2D eigenvalue weighted by atomic mass is 79.9. The van der Waals surface area contributed by atoms with Crippen molar-refractivity contribution < 1.29 is 9.72 Å². The Morgan fingerprint density at radius 1 is 0.966 bits per heavy atom. The van der Waals surface area contributed by atoms with Gasteiger partial charge in [0.25, 0.3) is 11.6 Å². The Labute approximate surface area is 174 Å². The molecular weight excluding hydrogens is 434 g/mol. The topological polar surface area (TPSA) is 85.1 Å². The zero-order valence-corrected chi connectivity index (χ0v) is 16.6. The van der Waals surface area contributed by atoms with E-state index in [9.17, 15) is 14.9 Å². The van der Waals surface area contributed by atoms with E-state index in [1.54, 1.807) is 6.07 Å². The average molecular weight is 448 g/mol. The fourth-order valence-electron chi connectivity index (χ4n) is 3.02. The number of halogens is 1. The van der Waals surface area contributed by atoms with Crippen molar-refractivity contribution in [2.24, 2.45) is 0 Å². The number of aromatic nitrogens is 1. The molecule has 0 saturated heterocycles. The third kappa shape index (κ3) is 4.00. The van der Waals surface area contributed by atoms with Crippen LogP contribution in [0.4, 0.5) is 11.4 Å². The molecule has 1 amide bonds. The van der Waals surface area contributed by atoms with Gasteiger partial charge >= 0.3 is 0 Å². The number of hydrogen-bond acceptors (Lipinski definition) is 4. The molecule has 6 nitrogen and oxygen atoms in total. The van der Waals surface area contributed by atoms with Gasteiger partial charge in [0.1, 0.15) is 0 Å². The number of nitro benzene ring substituents is 1. The second kappa shape index (κ2) is 7.81. The fourth-order valence-corrected chi connectivity index (χ4v) is 3.42. The van der Waals surface area contributed by atoms with Crippen molar-refractivity contribution in [2.75, 3.05) is 5.32 Å². The quantitative estimate of drug-likeness (QED) is 0.315. The summed E-state index contributed by atoms with van der Waals surface area (Å²) in [5.41, 5.74) is 3.19. The number of nitro groups is 1. The van der Waals surface area contributed by atoms with Crippen LogP contribution in [0.1, 0.15) is 10.4 Å². The Balaban J connectivity index is 1.75. The summed E-state index contributed by atoms with van der Waals surface area (Å²) in [5.74, 6) is -0.311. The summed E-state index contributed by atoms with van der Waals surface area (Å²) in [5, 5.41) is 14.3. The SMILES string of the molecule is O=C(Nc1ccc([N+](=O)[O-])cc1)c1cc(-c2cccc(Br)c2)nc2ccccc12. The number of fused-ring (bicyclic) bond motifs is 1. The summed E-state index contributed by atoms with van der Waals surface area (Å²) in [6, 6.07) is 22.6. The van der Waals surface area contributed by atoms with Crippen molar-refractivity contribution >= 4 is 44.1 Å². The predicted octanol–water partition coefficient (Wildman–Crippen LogP) is 5.82. The molecule has 0 aliphatic heterocycles. The Hall–Kier alpha value is -3.58. The van der Waals surface area contributed by atoms with Gasteiger partial charge in [0.2, 0.25) is 0 Å². The maximum Gasteiger partial charge on any atom is 0.269 e. The van der Waals surface area contributed by atoms with Gasteiger partial charge in [-0.3, -0.25) is 14.9 Å². The highest BCUT2D eigenvalue weighted by molar-refractivity contribution is 9.10. The molecule has 0 spiro atoms. The van der Waals surface area contributed by atoms with E-state index in [4.69, 9.17) is 4.98 Å². The van der Waals surface area contributed by atoms with Crippen LogP contribution < -0.4 is 5.32 Å². The number of non-ortho nitro benzene ring substituents is 1. The number of amides is 1. The summed E-state index contributed by atoms with van der Waals surface area (Å²) in [6.07, 6.45) is 0. The molecule has 0 bridgehead atoms. The van der Waals surface area contributed by atoms with Gasteiger partial charge in [0, 0.05) is 33.2 Å². The van der Waals surface area contributed by atoms with Crippen molar-refractivity contribution in [3.8, 4) is 11.3 Å². The second-order valence-electron chi connectivity index (χ2n) is 6.34.